The number of nitrogens with two attached hydrogens (primary N) is 1. The van der Waals surface area contributed by atoms with Crippen molar-refractivity contribution in [2.45, 2.75) is 0 Å². The van der Waals surface area contributed by atoms with Crippen LogP contribution in [0.3, 0.4) is 0 Å². The summed E-state index contributed by atoms with van der Waals surface area (Å²) >= 11 is 0. The molecule has 0 spiro atoms. The molecule has 0 aliphatic rings. The number of hydrogen-bond donors (Lipinski definition) is 1. The molecule has 0 atom stereocenters. The van der Waals surface area contributed by atoms with Crippen LogP contribution >= 0.6 is 0 Å². The molecule has 0 aromatic heterocycles. The fourth-order valence-electron chi connectivity index (χ4n) is 1.80. The molecule has 5 heteroatoms. The molecule has 0 saturated carbocycles. The molecule has 0 aliphatic carbocycles. The Morgan fingerprint density at radius 1 is 1.10 bits per heavy atom. The lowest BCUT2D eigenvalue weighted by molar-refractivity contribution is -0.384. The maximum atomic E-state index is 11.6. The number of nitro groups is 1. The van der Waals surface area contributed by atoms with Crippen LogP contribution in [0.1, 0.15) is 11.1 Å². The van der Waals surface area contributed by atoms with Gasteiger partial charge in [-0.05, 0) is 17.2 Å². The summed E-state index contributed by atoms with van der Waals surface area (Å²) in [6.45, 7) is 0. The molecule has 100 valence electrons. The summed E-state index contributed by atoms with van der Waals surface area (Å²) in [4.78, 5) is 21.8. The van der Waals surface area contributed by atoms with Gasteiger partial charge in [-0.1, -0.05) is 42.5 Å². The average molecular weight is 268 g/mol. The van der Waals surface area contributed by atoms with E-state index < -0.39 is 10.8 Å². The minimum Gasteiger partial charge on any atom is -0.366 e. The van der Waals surface area contributed by atoms with Crippen molar-refractivity contribution in [1.29, 1.82) is 0 Å². The summed E-state index contributed by atoms with van der Waals surface area (Å²) in [5.41, 5.74) is 6.75. The monoisotopic (exact) mass is 268 g/mol. The predicted octanol–water partition coefficient (Wildman–Crippen LogP) is 2.62. The van der Waals surface area contributed by atoms with Crippen LogP contribution in [0.25, 0.3) is 11.6 Å². The number of rotatable bonds is 4. The van der Waals surface area contributed by atoms with Gasteiger partial charge in [0, 0.05) is 17.7 Å². The van der Waals surface area contributed by atoms with Gasteiger partial charge in [-0.15, -0.1) is 0 Å². The molecule has 1 amide bonds. The molecule has 2 aromatic rings. The van der Waals surface area contributed by atoms with Gasteiger partial charge in [-0.3, -0.25) is 14.9 Å². The van der Waals surface area contributed by atoms with Gasteiger partial charge in [0.05, 0.1) is 4.92 Å². The summed E-state index contributed by atoms with van der Waals surface area (Å²) in [5.74, 6) is -0.630. The van der Waals surface area contributed by atoms with Crippen LogP contribution in [0.4, 0.5) is 5.69 Å². The Morgan fingerprint density at radius 2 is 1.80 bits per heavy atom. The Morgan fingerprint density at radius 3 is 2.40 bits per heavy atom. The highest BCUT2D eigenvalue weighted by Gasteiger charge is 2.12. The first-order chi connectivity index (χ1) is 9.58. The molecule has 2 aromatic carbocycles. The lowest BCUT2D eigenvalue weighted by atomic mass is 10.0. The Hall–Kier alpha value is -2.95. The smallest absolute Gasteiger partial charge is 0.270 e. The standard InChI is InChI=1S/C15H12N2O3/c16-15(18)14(9-11-5-2-1-3-6-11)12-7-4-8-13(10-12)17(19)20/h1-10H,(H2,16,18). The second kappa shape index (κ2) is 5.79. The summed E-state index contributed by atoms with van der Waals surface area (Å²) in [6.07, 6.45) is 1.61. The fourth-order valence-corrected chi connectivity index (χ4v) is 1.80. The first-order valence-electron chi connectivity index (χ1n) is 5.89. The van der Waals surface area contributed by atoms with E-state index in [9.17, 15) is 14.9 Å². The summed E-state index contributed by atoms with van der Waals surface area (Å²) in [6, 6.07) is 15.0. The maximum absolute atomic E-state index is 11.6. The van der Waals surface area contributed by atoms with Crippen molar-refractivity contribution >= 4 is 23.2 Å². The van der Waals surface area contributed by atoms with Gasteiger partial charge in [0.15, 0.2) is 0 Å². The normalized spacial score (nSPS) is 11.1. The minimum absolute atomic E-state index is 0.0808. The van der Waals surface area contributed by atoms with Gasteiger partial charge in [0.2, 0.25) is 5.91 Å². The van der Waals surface area contributed by atoms with Crippen molar-refractivity contribution in [1.82, 2.24) is 0 Å². The molecule has 0 radical (unpaired) electrons. The van der Waals surface area contributed by atoms with Gasteiger partial charge in [0.1, 0.15) is 0 Å². The van der Waals surface area contributed by atoms with E-state index in [1.807, 2.05) is 30.3 Å². The summed E-state index contributed by atoms with van der Waals surface area (Å²) in [7, 11) is 0. The number of nitro benzene ring substituents is 1. The van der Waals surface area contributed by atoms with E-state index >= 15 is 0 Å². The highest BCUT2D eigenvalue weighted by atomic mass is 16.6. The molecule has 2 rings (SSSR count). The summed E-state index contributed by atoms with van der Waals surface area (Å²) < 4.78 is 0. The van der Waals surface area contributed by atoms with Gasteiger partial charge in [-0.25, -0.2) is 0 Å². The zero-order valence-electron chi connectivity index (χ0n) is 10.5. The van der Waals surface area contributed by atoms with E-state index in [-0.39, 0.29) is 11.3 Å². The van der Waals surface area contributed by atoms with Crippen LogP contribution in [-0.4, -0.2) is 10.8 Å². The molecule has 20 heavy (non-hydrogen) atoms. The average Bonchev–Trinajstić information content (AvgIpc) is 2.45. The Kier molecular flexibility index (Phi) is 3.91. The first kappa shape index (κ1) is 13.5. The molecule has 5 nitrogen and oxygen atoms in total. The van der Waals surface area contributed by atoms with Crippen LogP contribution in [0.5, 0.6) is 0 Å². The molecule has 0 heterocycles. The molecule has 2 N–H and O–H groups in total. The molecular formula is C15H12N2O3. The Bertz CT molecular complexity index is 679. The van der Waals surface area contributed by atoms with Crippen molar-refractivity contribution in [3.05, 3.63) is 75.8 Å². The molecule has 0 bridgehead atoms. The Balaban J connectivity index is 2.49. The van der Waals surface area contributed by atoms with Crippen molar-refractivity contribution in [3.8, 4) is 0 Å². The van der Waals surface area contributed by atoms with Crippen LogP contribution in [0.2, 0.25) is 0 Å². The zero-order chi connectivity index (χ0) is 14.5. The van der Waals surface area contributed by atoms with E-state index in [0.29, 0.717) is 5.56 Å². The van der Waals surface area contributed by atoms with E-state index in [1.165, 1.54) is 18.2 Å². The van der Waals surface area contributed by atoms with Crippen molar-refractivity contribution in [3.63, 3.8) is 0 Å². The summed E-state index contributed by atoms with van der Waals surface area (Å²) in [5, 5.41) is 10.8. The van der Waals surface area contributed by atoms with Crippen molar-refractivity contribution in [2.24, 2.45) is 5.73 Å². The topological polar surface area (TPSA) is 86.2 Å². The largest absolute Gasteiger partial charge is 0.366 e. The third-order valence-corrected chi connectivity index (χ3v) is 2.74. The van der Waals surface area contributed by atoms with Gasteiger partial charge in [0.25, 0.3) is 5.69 Å². The van der Waals surface area contributed by atoms with Crippen LogP contribution < -0.4 is 5.73 Å². The molecule has 0 saturated heterocycles. The quantitative estimate of drug-likeness (QED) is 0.400. The minimum atomic E-state index is -0.630. The lowest BCUT2D eigenvalue weighted by Gasteiger charge is -2.04. The second-order valence-electron chi connectivity index (χ2n) is 4.14. The zero-order valence-corrected chi connectivity index (χ0v) is 10.5. The van der Waals surface area contributed by atoms with E-state index in [2.05, 4.69) is 0 Å². The number of carbonyl (C=O) groups is 1. The first-order valence-corrected chi connectivity index (χ1v) is 5.89. The number of benzene rings is 2. The van der Waals surface area contributed by atoms with Gasteiger partial charge in [-0.2, -0.15) is 0 Å². The molecule has 0 unspecified atom stereocenters. The SMILES string of the molecule is NC(=O)C(=Cc1ccccc1)c1cccc([N+](=O)[O-])c1. The number of carbonyl (C=O) groups excluding carboxylic acids is 1. The predicted molar refractivity (Wildman–Crippen MR) is 76.6 cm³/mol. The van der Waals surface area contributed by atoms with E-state index in [1.54, 1.807) is 12.1 Å². The Labute approximate surface area is 115 Å². The molecule has 0 aliphatic heterocycles. The van der Waals surface area contributed by atoms with Crippen LogP contribution in [0, 0.1) is 10.1 Å². The second-order valence-corrected chi connectivity index (χ2v) is 4.14. The highest BCUT2D eigenvalue weighted by molar-refractivity contribution is 6.23. The van der Waals surface area contributed by atoms with Crippen LogP contribution in [0.15, 0.2) is 54.6 Å². The number of primary amides is 1. The molecular weight excluding hydrogens is 256 g/mol. The van der Waals surface area contributed by atoms with E-state index in [4.69, 9.17) is 5.73 Å². The van der Waals surface area contributed by atoms with Crippen molar-refractivity contribution in [2.75, 3.05) is 0 Å². The third kappa shape index (κ3) is 3.08. The number of non-ortho nitro benzene ring substituents is 1. The van der Waals surface area contributed by atoms with Gasteiger partial charge < -0.3 is 5.73 Å². The van der Waals surface area contributed by atoms with Gasteiger partial charge >= 0.3 is 0 Å². The number of hydrogen-bond acceptors (Lipinski definition) is 3. The maximum Gasteiger partial charge on any atom is 0.270 e. The van der Waals surface area contributed by atoms with Crippen molar-refractivity contribution < 1.29 is 9.72 Å². The highest BCUT2D eigenvalue weighted by Crippen LogP contribution is 2.22. The van der Waals surface area contributed by atoms with Crippen LogP contribution in [-0.2, 0) is 4.79 Å². The third-order valence-electron chi connectivity index (χ3n) is 2.74. The lowest BCUT2D eigenvalue weighted by Crippen LogP contribution is -2.13. The molecule has 0 fully saturated rings. The number of nitrogens with zero attached hydrogens (tertiary/aromatic N) is 1. The fraction of sp³-hybridized carbons (Fsp3) is 0. The van der Waals surface area contributed by atoms with E-state index in [0.717, 1.165) is 5.56 Å². The number of amides is 1.